The molecule has 3 heterocycles. The van der Waals surface area contributed by atoms with Crippen molar-refractivity contribution in [2.45, 2.75) is 26.3 Å². The fourth-order valence-electron chi connectivity index (χ4n) is 4.43. The van der Waals surface area contributed by atoms with E-state index in [1.165, 1.54) is 0 Å². The molecule has 0 unspecified atom stereocenters. The lowest BCUT2D eigenvalue weighted by Crippen LogP contribution is -2.34. The Bertz CT molecular complexity index is 1130. The Morgan fingerprint density at radius 3 is 2.84 bits per heavy atom. The lowest BCUT2D eigenvalue weighted by Gasteiger charge is -2.29. The Morgan fingerprint density at radius 2 is 1.97 bits per heavy atom. The van der Waals surface area contributed by atoms with Gasteiger partial charge in [-0.05, 0) is 36.7 Å². The van der Waals surface area contributed by atoms with Crippen molar-refractivity contribution in [2.75, 3.05) is 32.8 Å². The summed E-state index contributed by atoms with van der Waals surface area (Å²) in [6.45, 7) is 6.60. The van der Waals surface area contributed by atoms with Gasteiger partial charge in [-0.3, -0.25) is 14.7 Å². The normalized spacial score (nSPS) is 15.5. The number of carbonyl (C=O) groups is 1. The third kappa shape index (κ3) is 3.95. The van der Waals surface area contributed by atoms with E-state index < -0.39 is 0 Å². The second-order valence-electron chi connectivity index (χ2n) is 8.03. The molecule has 0 radical (unpaired) electrons. The smallest absolute Gasteiger partial charge is 0.252 e. The molecule has 160 valence electrons. The van der Waals surface area contributed by atoms with Gasteiger partial charge in [0.25, 0.3) is 5.91 Å². The zero-order valence-electron chi connectivity index (χ0n) is 17.8. The Labute approximate surface area is 182 Å². The fraction of sp³-hybridized carbons (Fsp3) is 0.360. The number of hydrogen-bond donors (Lipinski definition) is 1. The van der Waals surface area contributed by atoms with Crippen LogP contribution < -0.4 is 14.8 Å². The first-order valence-electron chi connectivity index (χ1n) is 11.0. The molecule has 0 spiro atoms. The molecule has 6 nitrogen and oxygen atoms in total. The van der Waals surface area contributed by atoms with Gasteiger partial charge in [-0.25, -0.2) is 0 Å². The Balaban J connectivity index is 1.37. The van der Waals surface area contributed by atoms with Crippen molar-refractivity contribution >= 4 is 16.8 Å². The van der Waals surface area contributed by atoms with Crippen LogP contribution in [0.1, 0.15) is 34.1 Å². The first-order chi connectivity index (χ1) is 15.2. The number of fused-ring (bicyclic) bond motifs is 3. The molecule has 0 fully saturated rings. The SMILES string of the molecule is CCN1CCc2nc3ccccc3c(C(=O)NCCc3ccc4c(c3)OCCO4)c2C1. The largest absolute Gasteiger partial charge is 0.486 e. The molecular weight excluding hydrogens is 390 g/mol. The minimum Gasteiger partial charge on any atom is -0.486 e. The van der Waals surface area contributed by atoms with Crippen LogP contribution in [0.5, 0.6) is 11.5 Å². The number of amides is 1. The Kier molecular flexibility index (Phi) is 5.47. The van der Waals surface area contributed by atoms with Gasteiger partial charge in [-0.15, -0.1) is 0 Å². The summed E-state index contributed by atoms with van der Waals surface area (Å²) in [6.07, 6.45) is 1.61. The van der Waals surface area contributed by atoms with Gasteiger partial charge in [0.2, 0.25) is 0 Å². The number of rotatable bonds is 5. The zero-order valence-corrected chi connectivity index (χ0v) is 17.8. The number of nitrogens with one attached hydrogen (secondary N) is 1. The molecule has 2 aliphatic rings. The highest BCUT2D eigenvalue weighted by Gasteiger charge is 2.25. The Morgan fingerprint density at radius 1 is 1.13 bits per heavy atom. The van der Waals surface area contributed by atoms with E-state index in [0.717, 1.165) is 77.3 Å². The number of ether oxygens (including phenoxy) is 2. The minimum absolute atomic E-state index is 0.0228. The number of pyridine rings is 1. The molecule has 1 amide bonds. The number of aromatic nitrogens is 1. The highest BCUT2D eigenvalue weighted by molar-refractivity contribution is 6.07. The molecular formula is C25H27N3O3. The number of likely N-dealkylation sites (N-methyl/N-ethyl adjacent to an activating group) is 1. The number of carbonyl (C=O) groups excluding carboxylic acids is 1. The van der Waals surface area contributed by atoms with Crippen molar-refractivity contribution in [1.29, 1.82) is 0 Å². The lowest BCUT2D eigenvalue weighted by atomic mass is 9.95. The van der Waals surface area contributed by atoms with Crippen molar-refractivity contribution in [2.24, 2.45) is 0 Å². The van der Waals surface area contributed by atoms with Gasteiger partial charge in [0.15, 0.2) is 11.5 Å². The van der Waals surface area contributed by atoms with E-state index in [1.807, 2.05) is 42.5 Å². The van der Waals surface area contributed by atoms with Gasteiger partial charge in [0.05, 0.1) is 11.1 Å². The number of para-hydroxylation sites is 1. The molecule has 3 aromatic rings. The third-order valence-electron chi connectivity index (χ3n) is 6.11. The van der Waals surface area contributed by atoms with Crippen LogP contribution in [0.2, 0.25) is 0 Å². The summed E-state index contributed by atoms with van der Waals surface area (Å²) in [5.41, 5.74) is 4.91. The van der Waals surface area contributed by atoms with Gasteiger partial charge in [-0.2, -0.15) is 0 Å². The van der Waals surface area contributed by atoms with Gasteiger partial charge in [0, 0.05) is 42.7 Å². The molecule has 0 atom stereocenters. The molecule has 0 saturated carbocycles. The van der Waals surface area contributed by atoms with Crippen LogP contribution in [-0.2, 0) is 19.4 Å². The van der Waals surface area contributed by atoms with E-state index in [2.05, 4.69) is 17.1 Å². The molecule has 0 saturated heterocycles. The average molecular weight is 418 g/mol. The molecule has 0 aliphatic carbocycles. The van der Waals surface area contributed by atoms with Crippen molar-refractivity contribution in [3.05, 3.63) is 64.8 Å². The molecule has 5 rings (SSSR count). The predicted octanol–water partition coefficient (Wildman–Crippen LogP) is 3.36. The van der Waals surface area contributed by atoms with Crippen LogP contribution in [0.3, 0.4) is 0 Å². The molecule has 31 heavy (non-hydrogen) atoms. The molecule has 6 heteroatoms. The van der Waals surface area contributed by atoms with E-state index in [1.54, 1.807) is 0 Å². The monoisotopic (exact) mass is 417 g/mol. The second kappa shape index (κ2) is 8.55. The summed E-state index contributed by atoms with van der Waals surface area (Å²) < 4.78 is 11.3. The molecule has 2 aliphatic heterocycles. The van der Waals surface area contributed by atoms with Crippen LogP contribution >= 0.6 is 0 Å². The van der Waals surface area contributed by atoms with E-state index >= 15 is 0 Å². The van der Waals surface area contributed by atoms with Crippen molar-refractivity contribution in [3.8, 4) is 11.5 Å². The summed E-state index contributed by atoms with van der Waals surface area (Å²) in [4.78, 5) is 20.6. The van der Waals surface area contributed by atoms with E-state index in [4.69, 9.17) is 14.5 Å². The fourth-order valence-corrected chi connectivity index (χ4v) is 4.43. The summed E-state index contributed by atoms with van der Waals surface area (Å²) in [7, 11) is 0. The highest BCUT2D eigenvalue weighted by Crippen LogP contribution is 2.31. The molecule has 1 N–H and O–H groups in total. The summed E-state index contributed by atoms with van der Waals surface area (Å²) in [6, 6.07) is 13.9. The summed E-state index contributed by atoms with van der Waals surface area (Å²) >= 11 is 0. The summed E-state index contributed by atoms with van der Waals surface area (Å²) in [5, 5.41) is 4.07. The van der Waals surface area contributed by atoms with Crippen molar-refractivity contribution < 1.29 is 14.3 Å². The topological polar surface area (TPSA) is 63.7 Å². The van der Waals surface area contributed by atoms with Crippen LogP contribution in [0.15, 0.2) is 42.5 Å². The molecule has 0 bridgehead atoms. The van der Waals surface area contributed by atoms with Gasteiger partial charge in [-0.1, -0.05) is 31.2 Å². The first kappa shape index (κ1) is 19.8. The van der Waals surface area contributed by atoms with Crippen LogP contribution in [0, 0.1) is 0 Å². The molecule has 1 aromatic heterocycles. The van der Waals surface area contributed by atoms with Gasteiger partial charge in [0.1, 0.15) is 13.2 Å². The van der Waals surface area contributed by atoms with E-state index in [0.29, 0.717) is 19.8 Å². The highest BCUT2D eigenvalue weighted by atomic mass is 16.6. The Hall–Kier alpha value is -3.12. The molecule has 2 aromatic carbocycles. The number of benzene rings is 2. The van der Waals surface area contributed by atoms with Crippen LogP contribution in [-0.4, -0.2) is 48.6 Å². The zero-order chi connectivity index (χ0) is 21.2. The maximum absolute atomic E-state index is 13.3. The van der Waals surface area contributed by atoms with Crippen molar-refractivity contribution in [1.82, 2.24) is 15.2 Å². The second-order valence-corrected chi connectivity index (χ2v) is 8.03. The minimum atomic E-state index is -0.0228. The maximum atomic E-state index is 13.3. The first-order valence-corrected chi connectivity index (χ1v) is 11.0. The van der Waals surface area contributed by atoms with E-state index in [9.17, 15) is 4.79 Å². The summed E-state index contributed by atoms with van der Waals surface area (Å²) in [5.74, 6) is 1.55. The van der Waals surface area contributed by atoms with Gasteiger partial charge < -0.3 is 14.8 Å². The van der Waals surface area contributed by atoms with Crippen LogP contribution in [0.25, 0.3) is 10.9 Å². The standard InChI is InChI=1S/C25H27N3O3/c1-2-28-12-10-21-19(16-28)24(18-5-3-4-6-20(18)27-21)25(29)26-11-9-17-7-8-22-23(15-17)31-14-13-30-22/h3-8,15H,2,9-14,16H2,1H3,(H,26,29). The van der Waals surface area contributed by atoms with Crippen LogP contribution in [0.4, 0.5) is 0 Å². The van der Waals surface area contributed by atoms with Gasteiger partial charge >= 0.3 is 0 Å². The quantitative estimate of drug-likeness (QED) is 0.690. The van der Waals surface area contributed by atoms with E-state index in [-0.39, 0.29) is 5.91 Å². The van der Waals surface area contributed by atoms with Crippen molar-refractivity contribution in [3.63, 3.8) is 0 Å². The third-order valence-corrected chi connectivity index (χ3v) is 6.11. The lowest BCUT2D eigenvalue weighted by molar-refractivity contribution is 0.0953. The maximum Gasteiger partial charge on any atom is 0.252 e. The predicted molar refractivity (Wildman–Crippen MR) is 120 cm³/mol. The number of nitrogens with zero attached hydrogens (tertiary/aromatic N) is 2. The number of hydrogen-bond acceptors (Lipinski definition) is 5. The average Bonchev–Trinajstić information content (AvgIpc) is 2.82.